The van der Waals surface area contributed by atoms with Crippen LogP contribution < -0.4 is 16.0 Å². The predicted octanol–water partition coefficient (Wildman–Crippen LogP) is 3.49. The first-order valence-corrected chi connectivity index (χ1v) is 10.4. The molecule has 0 aliphatic rings. The highest BCUT2D eigenvalue weighted by atomic mass is 32.2. The zero-order valence-corrected chi connectivity index (χ0v) is 16.8. The third-order valence-electron chi connectivity index (χ3n) is 3.95. The van der Waals surface area contributed by atoms with Crippen molar-refractivity contribution in [3.8, 4) is 0 Å². The summed E-state index contributed by atoms with van der Waals surface area (Å²) in [5.74, 6) is 1.14. The van der Waals surface area contributed by atoms with Crippen molar-refractivity contribution in [3.63, 3.8) is 0 Å². The maximum atomic E-state index is 12.8. The first-order chi connectivity index (χ1) is 13.5. The first kappa shape index (κ1) is 21.8. The van der Waals surface area contributed by atoms with Crippen molar-refractivity contribution in [2.24, 2.45) is 0 Å². The van der Waals surface area contributed by atoms with Crippen molar-refractivity contribution in [1.29, 1.82) is 0 Å². The minimum absolute atomic E-state index is 0.208. The van der Waals surface area contributed by atoms with Gasteiger partial charge in [-0.15, -0.1) is 0 Å². The summed E-state index contributed by atoms with van der Waals surface area (Å²) in [7, 11) is 0. The van der Waals surface area contributed by atoms with Gasteiger partial charge in [-0.25, -0.2) is 9.18 Å². The van der Waals surface area contributed by atoms with E-state index in [0.717, 1.165) is 11.5 Å². The number of benzene rings is 2. The highest BCUT2D eigenvalue weighted by Gasteiger charge is 2.05. The van der Waals surface area contributed by atoms with Crippen LogP contribution in [0.3, 0.4) is 0 Å². The molecule has 7 heteroatoms. The molecule has 3 N–H and O–H groups in total. The highest BCUT2D eigenvalue weighted by Crippen LogP contribution is 2.12. The van der Waals surface area contributed by atoms with Gasteiger partial charge in [-0.1, -0.05) is 29.8 Å². The average Bonchev–Trinajstić information content (AvgIpc) is 2.69. The van der Waals surface area contributed by atoms with Gasteiger partial charge >= 0.3 is 6.03 Å². The fourth-order valence-electron chi connectivity index (χ4n) is 2.37. The van der Waals surface area contributed by atoms with Gasteiger partial charge in [0.15, 0.2) is 0 Å². The van der Waals surface area contributed by atoms with Gasteiger partial charge in [-0.2, -0.15) is 11.8 Å². The molecule has 0 aliphatic heterocycles. The number of carbonyl (C=O) groups excluding carboxylic acids is 2. The molecule has 0 radical (unpaired) electrons. The summed E-state index contributed by atoms with van der Waals surface area (Å²) in [5, 5.41) is 8.31. The number of hydrogen-bond donors (Lipinski definition) is 3. The van der Waals surface area contributed by atoms with E-state index in [1.165, 1.54) is 35.4 Å². The molecule has 0 unspecified atom stereocenters. The van der Waals surface area contributed by atoms with Crippen molar-refractivity contribution in [2.45, 2.75) is 19.1 Å². The Morgan fingerprint density at radius 3 is 2.25 bits per heavy atom. The number of carbonyl (C=O) groups is 2. The Hall–Kier alpha value is -2.54. The minimum atomic E-state index is -0.375. The molecule has 2 aromatic carbocycles. The molecular formula is C21H26FN3O2S. The summed E-state index contributed by atoms with van der Waals surface area (Å²) in [5.41, 5.74) is 2.94. The number of amides is 3. The summed E-state index contributed by atoms with van der Waals surface area (Å²) in [6, 6.07) is 13.6. The fourth-order valence-corrected chi connectivity index (χ4v) is 3.19. The molecule has 0 aliphatic carbocycles. The van der Waals surface area contributed by atoms with Gasteiger partial charge in [0.1, 0.15) is 5.82 Å². The van der Waals surface area contributed by atoms with E-state index in [4.69, 9.17) is 0 Å². The van der Waals surface area contributed by atoms with Crippen LogP contribution in [0.4, 0.5) is 9.18 Å². The average molecular weight is 404 g/mol. The van der Waals surface area contributed by atoms with Gasteiger partial charge < -0.3 is 16.0 Å². The first-order valence-electron chi connectivity index (χ1n) is 9.23. The molecular weight excluding hydrogens is 377 g/mol. The summed E-state index contributed by atoms with van der Waals surface area (Å²) in [6.45, 7) is 3.57. The smallest absolute Gasteiger partial charge is 0.314 e. The summed E-state index contributed by atoms with van der Waals surface area (Å²) < 4.78 is 12.8. The molecule has 0 heterocycles. The molecule has 3 amide bonds. The van der Waals surface area contributed by atoms with E-state index >= 15 is 0 Å². The Morgan fingerprint density at radius 2 is 1.54 bits per heavy atom. The third kappa shape index (κ3) is 8.43. The van der Waals surface area contributed by atoms with Crippen LogP contribution in [0.5, 0.6) is 0 Å². The van der Waals surface area contributed by atoms with Crippen LogP contribution in [-0.4, -0.2) is 37.3 Å². The largest absolute Gasteiger partial charge is 0.352 e. The van der Waals surface area contributed by atoms with Crippen molar-refractivity contribution < 1.29 is 14.0 Å². The summed E-state index contributed by atoms with van der Waals surface area (Å²) >= 11 is 1.77. The fraction of sp³-hybridized carbons (Fsp3) is 0.333. The van der Waals surface area contributed by atoms with Gasteiger partial charge in [0, 0.05) is 36.7 Å². The van der Waals surface area contributed by atoms with Crippen LogP contribution in [0.2, 0.25) is 0 Å². The van der Waals surface area contributed by atoms with Crippen LogP contribution >= 0.6 is 11.8 Å². The lowest BCUT2D eigenvalue weighted by Gasteiger charge is -2.08. The van der Waals surface area contributed by atoms with Crippen LogP contribution in [0.25, 0.3) is 0 Å². The number of halogens is 1. The van der Waals surface area contributed by atoms with Crippen molar-refractivity contribution in [2.75, 3.05) is 25.4 Å². The van der Waals surface area contributed by atoms with E-state index in [9.17, 15) is 14.0 Å². The number of thioether (sulfide) groups is 1. The topological polar surface area (TPSA) is 70.2 Å². The third-order valence-corrected chi connectivity index (χ3v) is 4.98. The summed E-state index contributed by atoms with van der Waals surface area (Å²) in [6.07, 6.45) is 0.614. The lowest BCUT2D eigenvalue weighted by Crippen LogP contribution is -2.38. The lowest BCUT2D eigenvalue weighted by atomic mass is 10.2. The molecule has 0 atom stereocenters. The molecule has 28 heavy (non-hydrogen) atoms. The molecule has 0 bridgehead atoms. The normalized spacial score (nSPS) is 10.4. The SMILES string of the molecule is Cc1ccc(CSCCNC(=O)NCCCNC(=O)c2ccc(F)cc2)cc1. The second kappa shape index (κ2) is 12.0. The number of nitrogens with one attached hydrogen (secondary N) is 3. The van der Waals surface area contributed by atoms with Gasteiger partial charge in [0.05, 0.1) is 0 Å². The monoisotopic (exact) mass is 403 g/mol. The highest BCUT2D eigenvalue weighted by molar-refractivity contribution is 7.98. The Balaban J connectivity index is 1.47. The van der Waals surface area contributed by atoms with Crippen LogP contribution in [0, 0.1) is 12.7 Å². The molecule has 0 aromatic heterocycles. The second-order valence-electron chi connectivity index (χ2n) is 6.34. The Morgan fingerprint density at radius 1 is 0.893 bits per heavy atom. The van der Waals surface area contributed by atoms with E-state index in [-0.39, 0.29) is 17.8 Å². The lowest BCUT2D eigenvalue weighted by molar-refractivity contribution is 0.0953. The number of aryl methyl sites for hydroxylation is 1. The number of rotatable bonds is 10. The van der Waals surface area contributed by atoms with Gasteiger partial charge in [-0.05, 0) is 43.2 Å². The molecule has 0 saturated carbocycles. The number of hydrogen-bond acceptors (Lipinski definition) is 3. The van der Waals surface area contributed by atoms with Gasteiger partial charge in [0.25, 0.3) is 5.91 Å². The Labute approximate surface area is 169 Å². The van der Waals surface area contributed by atoms with Crippen LogP contribution in [0.15, 0.2) is 48.5 Å². The van der Waals surface area contributed by atoms with Crippen LogP contribution in [-0.2, 0) is 5.75 Å². The van der Waals surface area contributed by atoms with E-state index in [2.05, 4.69) is 47.1 Å². The molecule has 0 fully saturated rings. The van der Waals surface area contributed by atoms with E-state index in [1.54, 1.807) is 11.8 Å². The molecule has 2 rings (SSSR count). The number of urea groups is 1. The molecule has 2 aromatic rings. The molecule has 5 nitrogen and oxygen atoms in total. The van der Waals surface area contributed by atoms with Gasteiger partial charge in [0.2, 0.25) is 0 Å². The quantitative estimate of drug-likeness (QED) is 0.532. The molecule has 0 spiro atoms. The van der Waals surface area contributed by atoms with E-state index < -0.39 is 0 Å². The summed E-state index contributed by atoms with van der Waals surface area (Å²) in [4.78, 5) is 23.5. The Bertz CT molecular complexity index is 751. The maximum absolute atomic E-state index is 12.8. The molecule has 0 saturated heterocycles. The van der Waals surface area contributed by atoms with Crippen molar-refractivity contribution >= 4 is 23.7 Å². The molecule has 150 valence electrons. The predicted molar refractivity (Wildman–Crippen MR) is 112 cm³/mol. The van der Waals surface area contributed by atoms with E-state index in [1.807, 2.05) is 0 Å². The zero-order valence-electron chi connectivity index (χ0n) is 16.0. The van der Waals surface area contributed by atoms with Crippen LogP contribution in [0.1, 0.15) is 27.9 Å². The second-order valence-corrected chi connectivity index (χ2v) is 7.44. The minimum Gasteiger partial charge on any atom is -0.352 e. The maximum Gasteiger partial charge on any atom is 0.314 e. The van der Waals surface area contributed by atoms with Crippen molar-refractivity contribution in [1.82, 2.24) is 16.0 Å². The van der Waals surface area contributed by atoms with Gasteiger partial charge in [-0.3, -0.25) is 4.79 Å². The zero-order chi connectivity index (χ0) is 20.2. The Kier molecular flexibility index (Phi) is 9.34. The van der Waals surface area contributed by atoms with E-state index in [0.29, 0.717) is 31.6 Å². The standard InChI is InChI=1S/C21H26FN3O2S/c1-16-3-5-17(6-4-16)15-28-14-13-25-21(27)24-12-2-11-23-20(26)18-7-9-19(22)10-8-18/h3-10H,2,11-15H2,1H3,(H,23,26)(H2,24,25,27). The van der Waals surface area contributed by atoms with Crippen molar-refractivity contribution in [3.05, 3.63) is 71.0 Å².